The van der Waals surface area contributed by atoms with E-state index in [1.54, 1.807) is 0 Å². The highest BCUT2D eigenvalue weighted by Gasteiger charge is 2.16. The summed E-state index contributed by atoms with van der Waals surface area (Å²) in [7, 11) is 0. The van der Waals surface area contributed by atoms with Crippen LogP contribution in [0.25, 0.3) is 0 Å². The molecule has 2 aromatic carbocycles. The van der Waals surface area contributed by atoms with Gasteiger partial charge in [0.05, 0.1) is 16.0 Å². The quantitative estimate of drug-likeness (QED) is 0.301. The average Bonchev–Trinajstić information content (AvgIpc) is 2.60. The monoisotopic (exact) mass is 468 g/mol. The molecule has 0 saturated carbocycles. The Morgan fingerprint density at radius 3 is 2.57 bits per heavy atom. The van der Waals surface area contributed by atoms with E-state index in [0.29, 0.717) is 18.7 Å². The van der Waals surface area contributed by atoms with Crippen LogP contribution in [-0.2, 0) is 10.2 Å². The SMILES string of the molecule is CC(C)(C)c1ccc(OCCCC(=O)Nc2ccc(Cl)c([N+](=O)[O-])c2)c(Br)c1. The van der Waals surface area contributed by atoms with Gasteiger partial charge >= 0.3 is 0 Å². The van der Waals surface area contributed by atoms with Gasteiger partial charge in [-0.15, -0.1) is 0 Å². The minimum Gasteiger partial charge on any atom is -0.492 e. The molecule has 1 N–H and O–H groups in total. The molecule has 0 aliphatic heterocycles. The Morgan fingerprint density at radius 2 is 1.96 bits per heavy atom. The van der Waals surface area contributed by atoms with Crippen LogP contribution in [0.3, 0.4) is 0 Å². The van der Waals surface area contributed by atoms with Gasteiger partial charge < -0.3 is 10.1 Å². The number of amides is 1. The van der Waals surface area contributed by atoms with Crippen molar-refractivity contribution in [3.63, 3.8) is 0 Å². The Kier molecular flexibility index (Phi) is 7.43. The normalized spacial score (nSPS) is 11.2. The molecule has 0 aliphatic rings. The summed E-state index contributed by atoms with van der Waals surface area (Å²) in [6.45, 7) is 6.80. The summed E-state index contributed by atoms with van der Waals surface area (Å²) in [5.41, 5.74) is 1.34. The van der Waals surface area contributed by atoms with Gasteiger partial charge in [0, 0.05) is 18.2 Å². The zero-order valence-corrected chi connectivity index (χ0v) is 18.3. The van der Waals surface area contributed by atoms with Gasteiger partial charge in [-0.1, -0.05) is 38.4 Å². The first kappa shape index (κ1) is 22.2. The molecule has 8 heteroatoms. The number of nitro benzene ring substituents is 1. The summed E-state index contributed by atoms with van der Waals surface area (Å²) in [6.07, 6.45) is 0.739. The summed E-state index contributed by atoms with van der Waals surface area (Å²) < 4.78 is 6.61. The molecular formula is C20H22BrClN2O4. The smallest absolute Gasteiger partial charge is 0.289 e. The van der Waals surface area contributed by atoms with Crippen LogP contribution in [0.1, 0.15) is 39.2 Å². The molecule has 0 atom stereocenters. The minimum absolute atomic E-state index is 0.0273. The van der Waals surface area contributed by atoms with Gasteiger partial charge in [-0.2, -0.15) is 0 Å². The Balaban J connectivity index is 1.83. The van der Waals surface area contributed by atoms with Crippen molar-refractivity contribution >= 4 is 44.8 Å². The molecule has 0 saturated heterocycles. The average molecular weight is 470 g/mol. The molecule has 0 radical (unpaired) electrons. The molecule has 1 amide bonds. The fraction of sp³-hybridized carbons (Fsp3) is 0.350. The van der Waals surface area contributed by atoms with Gasteiger partial charge in [0.15, 0.2) is 0 Å². The number of ether oxygens (including phenoxy) is 1. The van der Waals surface area contributed by atoms with Crippen molar-refractivity contribution in [3.05, 3.63) is 61.6 Å². The van der Waals surface area contributed by atoms with Crippen LogP contribution in [0.15, 0.2) is 40.9 Å². The molecule has 0 spiro atoms. The fourth-order valence-corrected chi connectivity index (χ4v) is 3.13. The van der Waals surface area contributed by atoms with E-state index in [2.05, 4.69) is 42.0 Å². The number of hydrogen-bond donors (Lipinski definition) is 1. The number of nitro groups is 1. The summed E-state index contributed by atoms with van der Waals surface area (Å²) in [4.78, 5) is 22.3. The predicted molar refractivity (Wildman–Crippen MR) is 114 cm³/mol. The number of nitrogens with zero attached hydrogens (tertiary/aromatic N) is 1. The van der Waals surface area contributed by atoms with Gasteiger partial charge in [0.1, 0.15) is 10.8 Å². The third kappa shape index (κ3) is 6.21. The highest BCUT2D eigenvalue weighted by atomic mass is 79.9. The van der Waals surface area contributed by atoms with Crippen LogP contribution in [0.4, 0.5) is 11.4 Å². The molecule has 150 valence electrons. The lowest BCUT2D eigenvalue weighted by molar-refractivity contribution is -0.384. The Morgan fingerprint density at radius 1 is 1.25 bits per heavy atom. The molecule has 2 rings (SSSR count). The zero-order valence-electron chi connectivity index (χ0n) is 15.9. The Bertz CT molecular complexity index is 881. The van der Waals surface area contributed by atoms with E-state index in [4.69, 9.17) is 16.3 Å². The number of benzene rings is 2. The predicted octanol–water partition coefficient (Wildman–Crippen LogP) is 6.11. The van der Waals surface area contributed by atoms with Crippen molar-refractivity contribution in [1.29, 1.82) is 0 Å². The molecule has 28 heavy (non-hydrogen) atoms. The fourth-order valence-electron chi connectivity index (χ4n) is 2.45. The van der Waals surface area contributed by atoms with E-state index in [-0.39, 0.29) is 28.5 Å². The van der Waals surface area contributed by atoms with Crippen molar-refractivity contribution in [2.75, 3.05) is 11.9 Å². The summed E-state index contributed by atoms with van der Waals surface area (Å²) >= 11 is 9.28. The van der Waals surface area contributed by atoms with E-state index < -0.39 is 4.92 Å². The van der Waals surface area contributed by atoms with Crippen molar-refractivity contribution in [1.82, 2.24) is 0 Å². The van der Waals surface area contributed by atoms with Crippen LogP contribution < -0.4 is 10.1 Å². The van der Waals surface area contributed by atoms with E-state index in [0.717, 1.165) is 10.2 Å². The molecule has 0 aromatic heterocycles. The molecule has 0 bridgehead atoms. The molecule has 6 nitrogen and oxygen atoms in total. The van der Waals surface area contributed by atoms with Crippen LogP contribution in [0, 0.1) is 10.1 Å². The summed E-state index contributed by atoms with van der Waals surface area (Å²) in [6, 6.07) is 10.1. The first-order valence-corrected chi connectivity index (χ1v) is 9.91. The topological polar surface area (TPSA) is 81.5 Å². The van der Waals surface area contributed by atoms with Crippen LogP contribution >= 0.6 is 27.5 Å². The Labute approximate surface area is 177 Å². The summed E-state index contributed by atoms with van der Waals surface area (Å²) in [5, 5.41) is 13.6. The largest absolute Gasteiger partial charge is 0.492 e. The molecule has 0 fully saturated rings. The van der Waals surface area contributed by atoms with Crippen molar-refractivity contribution in [3.8, 4) is 5.75 Å². The Hall–Kier alpha value is -2.12. The second-order valence-corrected chi connectivity index (χ2v) is 8.58. The van der Waals surface area contributed by atoms with Gasteiger partial charge in [-0.3, -0.25) is 14.9 Å². The number of rotatable bonds is 7. The third-order valence-corrected chi connectivity index (χ3v) is 4.97. The number of carbonyl (C=O) groups excluding carboxylic acids is 1. The van der Waals surface area contributed by atoms with Crippen molar-refractivity contribution in [2.45, 2.75) is 39.0 Å². The van der Waals surface area contributed by atoms with Crippen molar-refractivity contribution in [2.24, 2.45) is 0 Å². The molecule has 2 aromatic rings. The number of halogens is 2. The first-order chi connectivity index (χ1) is 13.1. The first-order valence-electron chi connectivity index (χ1n) is 8.74. The third-order valence-electron chi connectivity index (χ3n) is 4.03. The maximum absolute atomic E-state index is 12.0. The highest BCUT2D eigenvalue weighted by molar-refractivity contribution is 9.10. The lowest BCUT2D eigenvalue weighted by Gasteiger charge is -2.20. The van der Waals surface area contributed by atoms with E-state index >= 15 is 0 Å². The van der Waals surface area contributed by atoms with E-state index in [1.807, 2.05) is 18.2 Å². The maximum Gasteiger partial charge on any atom is 0.289 e. The number of hydrogen-bond acceptors (Lipinski definition) is 4. The van der Waals surface area contributed by atoms with E-state index in [9.17, 15) is 14.9 Å². The molecule has 0 aliphatic carbocycles. The van der Waals surface area contributed by atoms with Gasteiger partial charge in [-0.25, -0.2) is 0 Å². The second kappa shape index (κ2) is 9.39. The maximum atomic E-state index is 12.0. The van der Waals surface area contributed by atoms with Gasteiger partial charge in [0.25, 0.3) is 5.69 Å². The summed E-state index contributed by atoms with van der Waals surface area (Å²) in [5.74, 6) is 0.476. The molecule has 0 unspecified atom stereocenters. The van der Waals surface area contributed by atoms with E-state index in [1.165, 1.54) is 23.8 Å². The van der Waals surface area contributed by atoms with Crippen LogP contribution in [-0.4, -0.2) is 17.4 Å². The number of anilines is 1. The van der Waals surface area contributed by atoms with Crippen LogP contribution in [0.5, 0.6) is 5.75 Å². The van der Waals surface area contributed by atoms with Crippen molar-refractivity contribution < 1.29 is 14.5 Å². The lowest BCUT2D eigenvalue weighted by atomic mass is 9.87. The number of nitrogens with one attached hydrogen (secondary N) is 1. The standard InChI is InChI=1S/C20H22BrClN2O4/c1-20(2,3)13-6-9-18(15(21)11-13)28-10-4-5-19(25)23-14-7-8-16(22)17(12-14)24(26)27/h6-9,11-12H,4-5,10H2,1-3H3,(H,23,25). The lowest BCUT2D eigenvalue weighted by Crippen LogP contribution is -2.13. The van der Waals surface area contributed by atoms with Gasteiger partial charge in [-0.05, 0) is 57.6 Å². The zero-order chi connectivity index (χ0) is 20.9. The second-order valence-electron chi connectivity index (χ2n) is 7.32. The molecule has 0 heterocycles. The van der Waals surface area contributed by atoms with Crippen LogP contribution in [0.2, 0.25) is 5.02 Å². The number of carbonyl (C=O) groups is 1. The van der Waals surface area contributed by atoms with Gasteiger partial charge in [0.2, 0.25) is 5.91 Å². The minimum atomic E-state index is -0.589. The molecular weight excluding hydrogens is 448 g/mol. The highest BCUT2D eigenvalue weighted by Crippen LogP contribution is 2.31.